The summed E-state index contributed by atoms with van der Waals surface area (Å²) in [7, 11) is 0. The molecule has 1 heterocycles. The molecule has 0 aliphatic heterocycles. The lowest BCUT2D eigenvalue weighted by atomic mass is 9.83. The van der Waals surface area contributed by atoms with Gasteiger partial charge in [-0.05, 0) is 46.8 Å². The maximum atomic E-state index is 11.0. The predicted molar refractivity (Wildman–Crippen MR) is 158 cm³/mol. The van der Waals surface area contributed by atoms with Gasteiger partial charge >= 0.3 is 0 Å². The second kappa shape index (κ2) is 10.3. The SMILES string of the molecule is Oc1ccccc1C(c1ccccc1)c1nc(-c2ccc(Cl)cc2)c(-c2ccc(Cl)cc2)c2ccccc12. The normalized spacial score (nSPS) is 11.9. The average molecular weight is 532 g/mol. The number of hydrogen-bond acceptors (Lipinski definition) is 2. The van der Waals surface area contributed by atoms with E-state index in [1.807, 2.05) is 91.0 Å². The van der Waals surface area contributed by atoms with Crippen molar-refractivity contribution in [3.63, 3.8) is 0 Å². The summed E-state index contributed by atoms with van der Waals surface area (Å²) in [5.41, 5.74) is 6.56. The van der Waals surface area contributed by atoms with Crippen LogP contribution in [0.15, 0.2) is 127 Å². The number of nitrogens with zero attached hydrogens (tertiary/aromatic N) is 1. The standard InChI is InChI=1S/C34H23Cl2NO/c35-25-18-14-23(15-19-25)31-27-10-4-5-11-28(27)34(37-33(31)24-16-20-26(36)21-17-24)32(22-8-2-1-3-9-22)29-12-6-7-13-30(29)38/h1-21,32,38H. The zero-order valence-electron chi connectivity index (χ0n) is 20.4. The molecule has 0 fully saturated rings. The molecule has 6 aromatic rings. The molecular weight excluding hydrogens is 509 g/mol. The topological polar surface area (TPSA) is 33.1 Å². The fraction of sp³-hybridized carbons (Fsp3) is 0.0294. The van der Waals surface area contributed by atoms with E-state index >= 15 is 0 Å². The van der Waals surface area contributed by atoms with Gasteiger partial charge in [-0.2, -0.15) is 0 Å². The second-order valence-corrected chi connectivity index (χ2v) is 10.1. The highest BCUT2D eigenvalue weighted by Gasteiger charge is 2.26. The van der Waals surface area contributed by atoms with E-state index in [-0.39, 0.29) is 11.7 Å². The van der Waals surface area contributed by atoms with Crippen LogP contribution >= 0.6 is 23.2 Å². The van der Waals surface area contributed by atoms with Crippen molar-refractivity contribution in [1.82, 2.24) is 4.98 Å². The molecule has 0 aliphatic carbocycles. The van der Waals surface area contributed by atoms with E-state index < -0.39 is 0 Å². The van der Waals surface area contributed by atoms with E-state index in [1.54, 1.807) is 6.07 Å². The van der Waals surface area contributed by atoms with Gasteiger partial charge in [0.05, 0.1) is 17.3 Å². The number of para-hydroxylation sites is 1. The van der Waals surface area contributed by atoms with E-state index in [0.29, 0.717) is 10.0 Å². The molecule has 184 valence electrons. The van der Waals surface area contributed by atoms with Crippen LogP contribution in [0.3, 0.4) is 0 Å². The number of halogens is 2. The molecule has 0 saturated carbocycles. The van der Waals surface area contributed by atoms with Crippen LogP contribution in [0, 0.1) is 0 Å². The third kappa shape index (κ3) is 4.54. The minimum Gasteiger partial charge on any atom is -0.508 e. The first-order valence-electron chi connectivity index (χ1n) is 12.4. The molecule has 1 N–H and O–H groups in total. The summed E-state index contributed by atoms with van der Waals surface area (Å²) in [5.74, 6) is -0.0466. The molecule has 0 aliphatic rings. The number of benzene rings is 5. The number of hydrogen-bond donors (Lipinski definition) is 1. The number of aromatic nitrogens is 1. The van der Waals surface area contributed by atoms with E-state index in [4.69, 9.17) is 28.2 Å². The average Bonchev–Trinajstić information content (AvgIpc) is 2.95. The van der Waals surface area contributed by atoms with Crippen molar-refractivity contribution in [2.75, 3.05) is 0 Å². The van der Waals surface area contributed by atoms with Crippen molar-refractivity contribution >= 4 is 34.0 Å². The Kier molecular flexibility index (Phi) is 6.59. The first kappa shape index (κ1) is 24.2. The number of phenols is 1. The van der Waals surface area contributed by atoms with Crippen LogP contribution in [0.2, 0.25) is 10.0 Å². The molecule has 5 aromatic carbocycles. The van der Waals surface area contributed by atoms with Gasteiger partial charge in [-0.15, -0.1) is 0 Å². The Bertz CT molecular complexity index is 1730. The molecule has 1 unspecified atom stereocenters. The smallest absolute Gasteiger partial charge is 0.119 e. The van der Waals surface area contributed by atoms with Gasteiger partial charge in [-0.3, -0.25) is 4.98 Å². The van der Waals surface area contributed by atoms with Crippen molar-refractivity contribution in [3.05, 3.63) is 154 Å². The zero-order chi connectivity index (χ0) is 26.1. The van der Waals surface area contributed by atoms with Crippen molar-refractivity contribution in [2.45, 2.75) is 5.92 Å². The van der Waals surface area contributed by atoms with Gasteiger partial charge in [0.2, 0.25) is 0 Å². The Morgan fingerprint density at radius 1 is 0.553 bits per heavy atom. The molecule has 0 saturated heterocycles. The molecule has 1 aromatic heterocycles. The molecule has 0 radical (unpaired) electrons. The van der Waals surface area contributed by atoms with E-state index in [2.05, 4.69) is 30.3 Å². The lowest BCUT2D eigenvalue weighted by Gasteiger charge is -2.24. The van der Waals surface area contributed by atoms with Crippen LogP contribution < -0.4 is 0 Å². The minimum absolute atomic E-state index is 0.238. The van der Waals surface area contributed by atoms with Crippen LogP contribution in [-0.4, -0.2) is 10.1 Å². The maximum absolute atomic E-state index is 11.0. The highest BCUT2D eigenvalue weighted by atomic mass is 35.5. The Morgan fingerprint density at radius 2 is 1.11 bits per heavy atom. The molecular formula is C34H23Cl2NO. The fourth-order valence-corrected chi connectivity index (χ4v) is 5.35. The number of aromatic hydroxyl groups is 1. The van der Waals surface area contributed by atoms with Gasteiger partial charge in [-0.25, -0.2) is 0 Å². The number of pyridine rings is 1. The van der Waals surface area contributed by atoms with E-state index in [9.17, 15) is 5.11 Å². The zero-order valence-corrected chi connectivity index (χ0v) is 21.9. The van der Waals surface area contributed by atoms with Gasteiger partial charge in [0, 0.05) is 32.1 Å². The minimum atomic E-state index is -0.285. The Labute approximate surface area is 231 Å². The van der Waals surface area contributed by atoms with Crippen molar-refractivity contribution in [2.24, 2.45) is 0 Å². The predicted octanol–water partition coefficient (Wildman–Crippen LogP) is 9.76. The monoisotopic (exact) mass is 531 g/mol. The highest BCUT2D eigenvalue weighted by Crippen LogP contribution is 2.44. The van der Waals surface area contributed by atoms with Gasteiger partial charge < -0.3 is 5.11 Å². The highest BCUT2D eigenvalue weighted by molar-refractivity contribution is 6.31. The van der Waals surface area contributed by atoms with Crippen LogP contribution in [-0.2, 0) is 0 Å². The third-order valence-electron chi connectivity index (χ3n) is 6.85. The lowest BCUT2D eigenvalue weighted by Crippen LogP contribution is -2.09. The Hall–Kier alpha value is -4.11. The molecule has 1 atom stereocenters. The molecule has 0 spiro atoms. The van der Waals surface area contributed by atoms with E-state index in [0.717, 1.165) is 50.0 Å². The van der Waals surface area contributed by atoms with Crippen LogP contribution in [0.25, 0.3) is 33.2 Å². The lowest BCUT2D eigenvalue weighted by molar-refractivity contribution is 0.467. The van der Waals surface area contributed by atoms with Crippen LogP contribution in [0.1, 0.15) is 22.7 Å². The van der Waals surface area contributed by atoms with Crippen LogP contribution in [0.4, 0.5) is 0 Å². The summed E-state index contributed by atoms with van der Waals surface area (Å²) >= 11 is 12.5. The summed E-state index contributed by atoms with van der Waals surface area (Å²) in [5, 5.41) is 14.4. The number of fused-ring (bicyclic) bond motifs is 1. The fourth-order valence-electron chi connectivity index (χ4n) is 5.10. The Balaban J connectivity index is 1.73. The number of rotatable bonds is 5. The first-order chi connectivity index (χ1) is 18.6. The second-order valence-electron chi connectivity index (χ2n) is 9.18. The van der Waals surface area contributed by atoms with Crippen LogP contribution in [0.5, 0.6) is 5.75 Å². The summed E-state index contributed by atoms with van der Waals surface area (Å²) in [4.78, 5) is 5.41. The Morgan fingerprint density at radius 3 is 1.76 bits per heavy atom. The van der Waals surface area contributed by atoms with Gasteiger partial charge in [0.25, 0.3) is 0 Å². The summed E-state index contributed by atoms with van der Waals surface area (Å²) in [6, 6.07) is 41.7. The molecule has 2 nitrogen and oxygen atoms in total. The molecule has 0 bridgehead atoms. The van der Waals surface area contributed by atoms with E-state index in [1.165, 1.54) is 0 Å². The third-order valence-corrected chi connectivity index (χ3v) is 7.35. The van der Waals surface area contributed by atoms with Crippen molar-refractivity contribution < 1.29 is 5.11 Å². The first-order valence-corrected chi connectivity index (χ1v) is 13.1. The van der Waals surface area contributed by atoms with Gasteiger partial charge in [-0.1, -0.05) is 120 Å². The quantitative estimate of drug-likeness (QED) is 0.240. The molecule has 4 heteroatoms. The van der Waals surface area contributed by atoms with Gasteiger partial charge in [0.15, 0.2) is 0 Å². The summed E-state index contributed by atoms with van der Waals surface area (Å²) in [6.07, 6.45) is 0. The number of phenolic OH excluding ortho intramolecular Hbond substituents is 1. The molecule has 0 amide bonds. The molecule has 6 rings (SSSR count). The van der Waals surface area contributed by atoms with Crippen molar-refractivity contribution in [1.29, 1.82) is 0 Å². The van der Waals surface area contributed by atoms with Crippen molar-refractivity contribution in [3.8, 4) is 28.1 Å². The summed E-state index contributed by atoms with van der Waals surface area (Å²) in [6.45, 7) is 0. The summed E-state index contributed by atoms with van der Waals surface area (Å²) < 4.78 is 0. The maximum Gasteiger partial charge on any atom is 0.119 e. The largest absolute Gasteiger partial charge is 0.508 e. The molecule has 38 heavy (non-hydrogen) atoms. The van der Waals surface area contributed by atoms with Gasteiger partial charge in [0.1, 0.15) is 5.75 Å².